The van der Waals surface area contributed by atoms with Gasteiger partial charge in [-0.15, -0.1) is 0 Å². The molecule has 0 saturated heterocycles. The van der Waals surface area contributed by atoms with Crippen LogP contribution in [0.3, 0.4) is 0 Å². The minimum Gasteiger partial charge on any atom is -0.387 e. The third-order valence-corrected chi connectivity index (χ3v) is 5.12. The van der Waals surface area contributed by atoms with Gasteiger partial charge in [0, 0.05) is 17.7 Å². The van der Waals surface area contributed by atoms with Crippen LogP contribution in [0, 0.1) is 0 Å². The quantitative estimate of drug-likeness (QED) is 0.789. The number of aryl methyl sites for hydroxylation is 2. The number of urea groups is 1. The van der Waals surface area contributed by atoms with E-state index in [9.17, 15) is 9.90 Å². The summed E-state index contributed by atoms with van der Waals surface area (Å²) < 4.78 is 0. The molecule has 5 heteroatoms. The summed E-state index contributed by atoms with van der Waals surface area (Å²) in [5, 5.41) is 18.1. The van der Waals surface area contributed by atoms with Crippen LogP contribution in [0.15, 0.2) is 30.3 Å². The summed E-state index contributed by atoms with van der Waals surface area (Å²) in [6.07, 6.45) is 4.07. The third kappa shape index (κ3) is 3.46. The molecule has 2 aromatic rings. The predicted octanol–water partition coefficient (Wildman–Crippen LogP) is 3.17. The van der Waals surface area contributed by atoms with Crippen molar-refractivity contribution in [2.45, 2.75) is 25.4 Å². The average Bonchev–Trinajstić information content (AvgIpc) is 2.93. The van der Waals surface area contributed by atoms with Crippen molar-refractivity contribution >= 4 is 34.3 Å². The fraction of sp³-hybridized carbons (Fsp3) is 0.389. The maximum Gasteiger partial charge on any atom is 0.319 e. The molecule has 3 rings (SSSR count). The Kier molecular flexibility index (Phi) is 4.50. The molecule has 23 heavy (non-hydrogen) atoms. The lowest BCUT2D eigenvalue weighted by molar-refractivity contribution is 0.0876. The van der Waals surface area contributed by atoms with Gasteiger partial charge in [-0.3, -0.25) is 0 Å². The molecule has 0 spiro atoms. The molecule has 1 unspecified atom stereocenters. The number of thioether (sulfide) groups is 1. The molecule has 2 amide bonds. The summed E-state index contributed by atoms with van der Waals surface area (Å²) in [7, 11) is 0. The molecular weight excluding hydrogens is 308 g/mol. The maximum atomic E-state index is 12.2. The molecular formula is C18H22N2O2S. The molecule has 0 heterocycles. The molecule has 4 nitrogen and oxygen atoms in total. The van der Waals surface area contributed by atoms with E-state index in [1.165, 1.54) is 16.5 Å². The lowest BCUT2D eigenvalue weighted by Crippen LogP contribution is -2.43. The SMILES string of the molecule is CSCC(C)(O)CNC(=O)Nc1ccc2c3c(cccc13)CC2. The van der Waals surface area contributed by atoms with Crippen molar-refractivity contribution in [3.63, 3.8) is 0 Å². The Bertz CT molecular complexity index is 733. The Hall–Kier alpha value is -1.72. The number of nitrogens with one attached hydrogen (secondary N) is 2. The van der Waals surface area contributed by atoms with Crippen LogP contribution in [0.4, 0.5) is 10.5 Å². The number of benzene rings is 2. The third-order valence-electron chi connectivity index (χ3n) is 4.21. The van der Waals surface area contributed by atoms with Crippen molar-refractivity contribution < 1.29 is 9.90 Å². The number of anilines is 1. The molecule has 122 valence electrons. The summed E-state index contributed by atoms with van der Waals surface area (Å²) in [5.74, 6) is 0.578. The van der Waals surface area contributed by atoms with Crippen molar-refractivity contribution in [3.05, 3.63) is 41.5 Å². The van der Waals surface area contributed by atoms with Crippen molar-refractivity contribution in [1.29, 1.82) is 0 Å². The number of amides is 2. The van der Waals surface area contributed by atoms with Gasteiger partial charge in [-0.05, 0) is 48.6 Å². The van der Waals surface area contributed by atoms with E-state index in [0.717, 1.165) is 23.9 Å². The first-order valence-corrected chi connectivity index (χ1v) is 9.19. The first kappa shape index (κ1) is 16.1. The van der Waals surface area contributed by atoms with Crippen molar-refractivity contribution in [2.75, 3.05) is 23.9 Å². The molecule has 0 saturated carbocycles. The summed E-state index contributed by atoms with van der Waals surface area (Å²) >= 11 is 1.55. The van der Waals surface area contributed by atoms with Gasteiger partial charge < -0.3 is 15.7 Å². The van der Waals surface area contributed by atoms with E-state index >= 15 is 0 Å². The van der Waals surface area contributed by atoms with Crippen LogP contribution in [0.2, 0.25) is 0 Å². The van der Waals surface area contributed by atoms with E-state index < -0.39 is 5.60 Å². The Morgan fingerprint density at radius 3 is 2.74 bits per heavy atom. The first-order valence-electron chi connectivity index (χ1n) is 7.80. The van der Waals surface area contributed by atoms with Gasteiger partial charge >= 0.3 is 6.03 Å². The van der Waals surface area contributed by atoms with E-state index in [0.29, 0.717) is 5.75 Å². The lowest BCUT2D eigenvalue weighted by atomic mass is 10.0. The second kappa shape index (κ2) is 6.42. The highest BCUT2D eigenvalue weighted by Crippen LogP contribution is 2.34. The zero-order chi connectivity index (χ0) is 16.4. The van der Waals surface area contributed by atoms with Gasteiger partial charge in [0.25, 0.3) is 0 Å². The largest absolute Gasteiger partial charge is 0.387 e. The molecule has 3 N–H and O–H groups in total. The Balaban J connectivity index is 1.74. The van der Waals surface area contributed by atoms with Crippen LogP contribution in [-0.4, -0.2) is 35.3 Å². The van der Waals surface area contributed by atoms with E-state index in [1.807, 2.05) is 24.5 Å². The van der Waals surface area contributed by atoms with Crippen LogP contribution in [0.1, 0.15) is 18.1 Å². The minimum absolute atomic E-state index is 0.223. The second-order valence-electron chi connectivity index (χ2n) is 6.35. The maximum absolute atomic E-state index is 12.2. The number of aliphatic hydroxyl groups is 1. The number of hydrogen-bond acceptors (Lipinski definition) is 3. The Labute approximate surface area is 140 Å². The Morgan fingerprint density at radius 1 is 1.26 bits per heavy atom. The molecule has 0 bridgehead atoms. The molecule has 2 aromatic carbocycles. The van der Waals surface area contributed by atoms with Gasteiger partial charge in [0.15, 0.2) is 0 Å². The van der Waals surface area contributed by atoms with Gasteiger partial charge in [-0.25, -0.2) is 4.79 Å². The summed E-state index contributed by atoms with van der Waals surface area (Å²) in [5.41, 5.74) is 2.61. The first-order chi connectivity index (χ1) is 11.0. The number of carbonyl (C=O) groups excluding carboxylic acids is 1. The van der Waals surface area contributed by atoms with Crippen LogP contribution < -0.4 is 10.6 Å². The molecule has 1 aliphatic carbocycles. The monoisotopic (exact) mass is 330 g/mol. The van der Waals surface area contributed by atoms with E-state index in [1.54, 1.807) is 18.7 Å². The zero-order valence-electron chi connectivity index (χ0n) is 13.5. The highest BCUT2D eigenvalue weighted by Gasteiger charge is 2.21. The number of carbonyl (C=O) groups is 1. The normalized spacial score (nSPS) is 15.4. The minimum atomic E-state index is -0.904. The second-order valence-corrected chi connectivity index (χ2v) is 7.22. The van der Waals surface area contributed by atoms with Crippen molar-refractivity contribution in [1.82, 2.24) is 5.32 Å². The highest BCUT2D eigenvalue weighted by molar-refractivity contribution is 7.98. The standard InChI is InChI=1S/C18H22N2O2S/c1-18(22,11-23-2)10-19-17(21)20-15-9-8-13-7-6-12-4-3-5-14(15)16(12)13/h3-5,8-9,22H,6-7,10-11H2,1-2H3,(H2,19,20,21). The number of rotatable bonds is 5. The average molecular weight is 330 g/mol. The van der Waals surface area contributed by atoms with Gasteiger partial charge in [-0.2, -0.15) is 11.8 Å². The van der Waals surface area contributed by atoms with Crippen LogP contribution >= 0.6 is 11.8 Å². The van der Waals surface area contributed by atoms with Crippen LogP contribution in [0.25, 0.3) is 10.8 Å². The van der Waals surface area contributed by atoms with Crippen LogP contribution in [-0.2, 0) is 12.8 Å². The summed E-state index contributed by atoms with van der Waals surface area (Å²) in [6, 6.07) is 10.0. The van der Waals surface area contributed by atoms with Gasteiger partial charge in [-0.1, -0.05) is 24.3 Å². The van der Waals surface area contributed by atoms with E-state index in [2.05, 4.69) is 22.8 Å². The predicted molar refractivity (Wildman–Crippen MR) is 97.4 cm³/mol. The van der Waals surface area contributed by atoms with Gasteiger partial charge in [0.1, 0.15) is 0 Å². The fourth-order valence-corrected chi connectivity index (χ4v) is 3.88. The molecule has 1 atom stereocenters. The topological polar surface area (TPSA) is 61.4 Å². The van der Waals surface area contributed by atoms with Crippen molar-refractivity contribution in [2.24, 2.45) is 0 Å². The molecule has 1 aliphatic rings. The van der Waals surface area contributed by atoms with E-state index in [-0.39, 0.29) is 12.6 Å². The summed E-state index contributed by atoms with van der Waals surface area (Å²) in [4.78, 5) is 12.2. The van der Waals surface area contributed by atoms with E-state index in [4.69, 9.17) is 0 Å². The molecule has 0 fully saturated rings. The molecule has 0 aliphatic heterocycles. The smallest absolute Gasteiger partial charge is 0.319 e. The van der Waals surface area contributed by atoms with Crippen LogP contribution in [0.5, 0.6) is 0 Å². The van der Waals surface area contributed by atoms with Gasteiger partial charge in [0.2, 0.25) is 0 Å². The Morgan fingerprint density at radius 2 is 2.00 bits per heavy atom. The highest BCUT2D eigenvalue weighted by atomic mass is 32.2. The van der Waals surface area contributed by atoms with Gasteiger partial charge in [0.05, 0.1) is 11.3 Å². The molecule has 0 aromatic heterocycles. The zero-order valence-corrected chi connectivity index (χ0v) is 14.3. The fourth-order valence-electron chi connectivity index (χ4n) is 3.16. The molecule has 0 radical (unpaired) electrons. The lowest BCUT2D eigenvalue weighted by Gasteiger charge is -2.22. The van der Waals surface area contributed by atoms with Crippen molar-refractivity contribution in [3.8, 4) is 0 Å². The summed E-state index contributed by atoms with van der Waals surface area (Å²) in [6.45, 7) is 1.95. The number of hydrogen-bond donors (Lipinski definition) is 3.